The van der Waals surface area contributed by atoms with E-state index in [-0.39, 0.29) is 32.9 Å². The Balaban J connectivity index is 2.27. The highest BCUT2D eigenvalue weighted by Crippen LogP contribution is 2.46. The van der Waals surface area contributed by atoms with Gasteiger partial charge in [0.2, 0.25) is 0 Å². The fraction of sp³-hybridized carbons (Fsp3) is 0.586. The minimum absolute atomic E-state index is 0.0136. The average Bonchev–Trinajstić information content (AvgIpc) is 3.06. The third-order valence-corrected chi connectivity index (χ3v) is 6.47. The maximum absolute atomic E-state index is 13.3. The highest BCUT2D eigenvalue weighted by atomic mass is 19.4. The lowest BCUT2D eigenvalue weighted by molar-refractivity contribution is -0.137. The number of aromatic nitrogens is 3. The third-order valence-electron chi connectivity index (χ3n) is 6.47. The largest absolute Gasteiger partial charge is 0.505 e. The van der Waals surface area contributed by atoms with Crippen molar-refractivity contribution in [3.8, 4) is 11.4 Å². The van der Waals surface area contributed by atoms with Gasteiger partial charge < -0.3 is 5.11 Å². The molecule has 1 heterocycles. The van der Waals surface area contributed by atoms with Crippen LogP contribution in [0.5, 0.6) is 5.75 Å². The van der Waals surface area contributed by atoms with Gasteiger partial charge in [0.25, 0.3) is 0 Å². The number of benzene rings is 2. The molecule has 0 radical (unpaired) electrons. The Morgan fingerprint density at radius 2 is 1.22 bits per heavy atom. The van der Waals surface area contributed by atoms with Crippen molar-refractivity contribution < 1.29 is 18.3 Å². The highest BCUT2D eigenvalue weighted by Gasteiger charge is 2.35. The normalized spacial score (nSPS) is 14.0. The minimum atomic E-state index is -4.47. The van der Waals surface area contributed by atoms with Gasteiger partial charge in [-0.3, -0.25) is 0 Å². The molecule has 3 aromatic rings. The topological polar surface area (TPSA) is 50.9 Å². The molecule has 0 saturated heterocycles. The van der Waals surface area contributed by atoms with Crippen molar-refractivity contribution in [2.75, 3.05) is 0 Å². The summed E-state index contributed by atoms with van der Waals surface area (Å²) in [6.07, 6.45) is -2.76. The van der Waals surface area contributed by atoms with Crippen molar-refractivity contribution in [2.24, 2.45) is 10.8 Å². The van der Waals surface area contributed by atoms with Crippen molar-refractivity contribution in [2.45, 2.75) is 99.1 Å². The fourth-order valence-corrected chi connectivity index (χ4v) is 5.73. The molecule has 0 unspecified atom stereocenters. The van der Waals surface area contributed by atoms with Crippen LogP contribution in [0.4, 0.5) is 13.2 Å². The lowest BCUT2D eigenvalue weighted by Crippen LogP contribution is -2.28. The van der Waals surface area contributed by atoms with Crippen molar-refractivity contribution in [1.82, 2.24) is 15.0 Å². The lowest BCUT2D eigenvalue weighted by Gasteiger charge is -2.37. The van der Waals surface area contributed by atoms with Gasteiger partial charge in [-0.25, -0.2) is 0 Å². The van der Waals surface area contributed by atoms with Crippen molar-refractivity contribution in [3.05, 3.63) is 47.0 Å². The SMILES string of the molecule is CC(C)(C)CC(C)(C)c1cc(-n2nc3ccc(C(F)(F)F)cc3n2)c(O)c(C(C)(C)CC(C)(C)C)c1. The average molecular weight is 504 g/mol. The maximum atomic E-state index is 13.3. The van der Waals surface area contributed by atoms with Gasteiger partial charge in [0.15, 0.2) is 0 Å². The smallest absolute Gasteiger partial charge is 0.416 e. The van der Waals surface area contributed by atoms with Crippen LogP contribution in [-0.4, -0.2) is 20.1 Å². The number of alkyl halides is 3. The van der Waals surface area contributed by atoms with Crippen molar-refractivity contribution in [3.63, 3.8) is 0 Å². The first-order chi connectivity index (χ1) is 16.1. The van der Waals surface area contributed by atoms with Crippen molar-refractivity contribution in [1.29, 1.82) is 0 Å². The first-order valence-corrected chi connectivity index (χ1v) is 12.4. The third kappa shape index (κ3) is 6.22. The number of phenols is 1. The number of halogens is 3. The fourth-order valence-electron chi connectivity index (χ4n) is 5.73. The molecule has 0 saturated carbocycles. The molecule has 0 spiro atoms. The number of aromatic hydroxyl groups is 1. The van der Waals surface area contributed by atoms with Crippen LogP contribution in [0.15, 0.2) is 30.3 Å². The van der Waals surface area contributed by atoms with E-state index in [0.29, 0.717) is 11.2 Å². The Hall–Kier alpha value is -2.57. The summed E-state index contributed by atoms with van der Waals surface area (Å²) in [7, 11) is 0. The van der Waals surface area contributed by atoms with E-state index >= 15 is 0 Å². The summed E-state index contributed by atoms with van der Waals surface area (Å²) in [5, 5.41) is 20.3. The van der Waals surface area contributed by atoms with Crippen LogP contribution >= 0.6 is 0 Å². The lowest BCUT2D eigenvalue weighted by atomic mass is 9.68. The second-order valence-electron chi connectivity index (χ2n) is 13.8. The Morgan fingerprint density at radius 3 is 1.75 bits per heavy atom. The minimum Gasteiger partial charge on any atom is -0.505 e. The highest BCUT2D eigenvalue weighted by molar-refractivity contribution is 5.75. The maximum Gasteiger partial charge on any atom is 0.416 e. The van der Waals surface area contributed by atoms with E-state index in [2.05, 4.69) is 85.5 Å². The summed E-state index contributed by atoms with van der Waals surface area (Å²) in [4.78, 5) is 1.27. The summed E-state index contributed by atoms with van der Waals surface area (Å²) in [5.74, 6) is 0.0518. The van der Waals surface area contributed by atoms with Crippen LogP contribution in [0.25, 0.3) is 16.7 Å². The summed E-state index contributed by atoms with van der Waals surface area (Å²) in [5.41, 5.74) is 1.33. The van der Waals surface area contributed by atoms with Crippen LogP contribution in [0.3, 0.4) is 0 Å². The molecule has 2 aromatic carbocycles. The molecule has 0 aliphatic heterocycles. The monoisotopic (exact) mass is 503 g/mol. The van der Waals surface area contributed by atoms with Gasteiger partial charge in [-0.1, -0.05) is 75.3 Å². The summed E-state index contributed by atoms with van der Waals surface area (Å²) in [6.45, 7) is 21.7. The molecule has 1 N–H and O–H groups in total. The number of nitrogens with zero attached hydrogens (tertiary/aromatic N) is 3. The molecule has 0 aliphatic rings. The van der Waals surface area contributed by atoms with E-state index in [1.54, 1.807) is 0 Å². The van der Waals surface area contributed by atoms with E-state index in [1.807, 2.05) is 6.07 Å². The van der Waals surface area contributed by atoms with Crippen LogP contribution in [0.1, 0.15) is 98.8 Å². The Morgan fingerprint density at radius 1 is 0.694 bits per heavy atom. The summed E-state index contributed by atoms with van der Waals surface area (Å²) < 4.78 is 39.8. The van der Waals surface area contributed by atoms with Gasteiger partial charge in [-0.15, -0.1) is 15.0 Å². The first kappa shape index (κ1) is 28.0. The Kier molecular flexibility index (Phi) is 6.83. The zero-order valence-corrected chi connectivity index (χ0v) is 23.2. The van der Waals surface area contributed by atoms with E-state index in [9.17, 15) is 18.3 Å². The number of fused-ring (bicyclic) bond motifs is 1. The quantitative estimate of drug-likeness (QED) is 0.379. The number of phenolic OH excluding ortho intramolecular Hbond substituents is 1. The zero-order valence-electron chi connectivity index (χ0n) is 23.2. The first-order valence-electron chi connectivity index (χ1n) is 12.4. The Labute approximate surface area is 212 Å². The van der Waals surface area contributed by atoms with Crippen LogP contribution < -0.4 is 0 Å². The van der Waals surface area contributed by atoms with Gasteiger partial charge in [-0.2, -0.15) is 13.2 Å². The van der Waals surface area contributed by atoms with Gasteiger partial charge in [0, 0.05) is 5.56 Å². The molecule has 198 valence electrons. The van der Waals surface area contributed by atoms with Crippen LogP contribution in [-0.2, 0) is 17.0 Å². The number of rotatable bonds is 5. The van der Waals surface area contributed by atoms with E-state index < -0.39 is 11.7 Å². The van der Waals surface area contributed by atoms with Gasteiger partial charge in [-0.05, 0) is 64.3 Å². The predicted octanol–water partition coefficient (Wildman–Crippen LogP) is 8.57. The van der Waals surface area contributed by atoms with Crippen LogP contribution in [0.2, 0.25) is 0 Å². The van der Waals surface area contributed by atoms with Gasteiger partial charge in [0.1, 0.15) is 22.5 Å². The molecule has 4 nitrogen and oxygen atoms in total. The van der Waals surface area contributed by atoms with Gasteiger partial charge >= 0.3 is 6.18 Å². The number of hydrogen-bond acceptors (Lipinski definition) is 3. The molecule has 0 amide bonds. The molecule has 36 heavy (non-hydrogen) atoms. The molecule has 0 fully saturated rings. The van der Waals surface area contributed by atoms with Crippen LogP contribution in [0, 0.1) is 10.8 Å². The van der Waals surface area contributed by atoms with E-state index in [1.165, 1.54) is 10.9 Å². The molecule has 0 bridgehead atoms. The molecule has 0 aliphatic carbocycles. The zero-order chi connectivity index (χ0) is 27.5. The molecular weight excluding hydrogens is 463 g/mol. The molecule has 0 atom stereocenters. The molecule has 3 rings (SSSR count). The standard InChI is InChI=1S/C29H40F3N3O/c1-25(2,3)16-27(7,8)19-13-20(28(9,10)17-26(4,5)6)24(36)23(15-19)35-33-21-12-11-18(29(30,31)32)14-22(21)34-35/h11-15,36H,16-17H2,1-10H3. The summed E-state index contributed by atoms with van der Waals surface area (Å²) in [6, 6.07) is 7.27. The molecular formula is C29H40F3N3O. The van der Waals surface area contributed by atoms with E-state index in [4.69, 9.17) is 0 Å². The predicted molar refractivity (Wildman–Crippen MR) is 140 cm³/mol. The number of hydrogen-bond donors (Lipinski definition) is 1. The summed E-state index contributed by atoms with van der Waals surface area (Å²) >= 11 is 0. The van der Waals surface area contributed by atoms with Gasteiger partial charge in [0.05, 0.1) is 5.56 Å². The second-order valence-corrected chi connectivity index (χ2v) is 13.8. The Bertz CT molecular complexity index is 1260. The van der Waals surface area contributed by atoms with E-state index in [0.717, 1.165) is 36.1 Å². The molecule has 1 aromatic heterocycles. The second kappa shape index (κ2) is 8.77. The molecule has 7 heteroatoms. The van der Waals surface area contributed by atoms with Crippen molar-refractivity contribution >= 4 is 11.0 Å².